The van der Waals surface area contributed by atoms with Crippen LogP contribution in [0.5, 0.6) is 5.75 Å². The summed E-state index contributed by atoms with van der Waals surface area (Å²) in [4.78, 5) is 15.3. The number of carbonyl (C=O) groups excluding carboxylic acids is 1. The molecule has 0 aliphatic rings. The van der Waals surface area contributed by atoms with E-state index < -0.39 is 5.97 Å². The third-order valence-electron chi connectivity index (χ3n) is 2.84. The van der Waals surface area contributed by atoms with E-state index in [1.807, 2.05) is 6.07 Å². The maximum atomic E-state index is 11.3. The van der Waals surface area contributed by atoms with E-state index in [9.17, 15) is 4.79 Å². The number of fused-ring (bicyclic) bond motifs is 1. The number of benzene rings is 1. The summed E-state index contributed by atoms with van der Waals surface area (Å²) < 4.78 is 17.3. The molecule has 0 unspecified atom stereocenters. The Morgan fingerprint density at radius 2 is 2.33 bits per heavy atom. The molecular formula is C14H13N3O4. The zero-order chi connectivity index (χ0) is 14.7. The van der Waals surface area contributed by atoms with Gasteiger partial charge in [-0.05, 0) is 19.1 Å². The molecule has 0 aliphatic heterocycles. The highest BCUT2D eigenvalue weighted by Crippen LogP contribution is 2.29. The molecular weight excluding hydrogens is 274 g/mol. The van der Waals surface area contributed by atoms with Crippen LogP contribution in [0.25, 0.3) is 16.8 Å². The van der Waals surface area contributed by atoms with Crippen LogP contribution in [0.4, 0.5) is 0 Å². The van der Waals surface area contributed by atoms with E-state index in [1.54, 1.807) is 42.3 Å². The molecule has 0 aliphatic carbocycles. The molecule has 2 heterocycles. The summed E-state index contributed by atoms with van der Waals surface area (Å²) in [6.07, 6.45) is 5.05. The Kier molecular flexibility index (Phi) is 3.55. The first-order valence-electron chi connectivity index (χ1n) is 6.44. The van der Waals surface area contributed by atoms with E-state index in [-0.39, 0.29) is 6.61 Å². The Morgan fingerprint density at radius 1 is 1.43 bits per heavy atom. The Morgan fingerprint density at radius 3 is 3.10 bits per heavy atom. The van der Waals surface area contributed by atoms with E-state index in [1.165, 1.54) is 0 Å². The first-order valence-corrected chi connectivity index (χ1v) is 6.44. The lowest BCUT2D eigenvalue weighted by atomic mass is 10.2. The fourth-order valence-electron chi connectivity index (χ4n) is 1.95. The van der Waals surface area contributed by atoms with Crippen molar-refractivity contribution in [2.45, 2.75) is 6.92 Å². The molecule has 0 amide bonds. The molecule has 7 nitrogen and oxygen atoms in total. The van der Waals surface area contributed by atoms with Crippen molar-refractivity contribution in [3.8, 4) is 11.6 Å². The lowest BCUT2D eigenvalue weighted by molar-refractivity contribution is -0.145. The molecule has 0 saturated carbocycles. The number of esters is 1. The summed E-state index contributed by atoms with van der Waals surface area (Å²) in [7, 11) is 0. The highest BCUT2D eigenvalue weighted by Gasteiger charge is 2.15. The van der Waals surface area contributed by atoms with E-state index >= 15 is 0 Å². The number of rotatable bonds is 5. The SMILES string of the molecule is CCOC(=O)COc1cccc2c(-n3ccnc3)noc12. The van der Waals surface area contributed by atoms with E-state index in [0.717, 1.165) is 5.39 Å². The van der Waals surface area contributed by atoms with Gasteiger partial charge >= 0.3 is 5.97 Å². The van der Waals surface area contributed by atoms with Gasteiger partial charge in [0.15, 0.2) is 18.2 Å². The number of aromatic nitrogens is 3. The Bertz CT molecular complexity index is 749. The fourth-order valence-corrected chi connectivity index (χ4v) is 1.95. The highest BCUT2D eigenvalue weighted by atomic mass is 16.6. The van der Waals surface area contributed by atoms with Crippen molar-refractivity contribution < 1.29 is 18.8 Å². The summed E-state index contributed by atoms with van der Waals surface area (Å²) in [5, 5.41) is 4.79. The van der Waals surface area contributed by atoms with E-state index in [4.69, 9.17) is 14.0 Å². The Labute approximate surface area is 120 Å². The fraction of sp³-hybridized carbons (Fsp3) is 0.214. The molecule has 0 spiro atoms. The second-order valence-electron chi connectivity index (χ2n) is 4.20. The first-order chi connectivity index (χ1) is 10.3. The van der Waals surface area contributed by atoms with Crippen molar-refractivity contribution in [3.63, 3.8) is 0 Å². The van der Waals surface area contributed by atoms with Crippen molar-refractivity contribution in [1.82, 2.24) is 14.7 Å². The highest BCUT2D eigenvalue weighted by molar-refractivity contribution is 5.89. The third-order valence-corrected chi connectivity index (χ3v) is 2.84. The monoisotopic (exact) mass is 287 g/mol. The predicted molar refractivity (Wildman–Crippen MR) is 73.3 cm³/mol. The van der Waals surface area contributed by atoms with Crippen molar-refractivity contribution in [2.75, 3.05) is 13.2 Å². The van der Waals surface area contributed by atoms with Gasteiger partial charge in [0.05, 0.1) is 12.0 Å². The largest absolute Gasteiger partial charge is 0.478 e. The number of carbonyl (C=O) groups is 1. The predicted octanol–water partition coefficient (Wildman–Crippen LogP) is 1.96. The van der Waals surface area contributed by atoms with Gasteiger partial charge in [-0.15, -0.1) is 0 Å². The third kappa shape index (κ3) is 2.58. The van der Waals surface area contributed by atoms with Crippen LogP contribution < -0.4 is 4.74 Å². The van der Waals surface area contributed by atoms with Gasteiger partial charge in [0, 0.05) is 12.4 Å². The number of hydrogen-bond donors (Lipinski definition) is 0. The van der Waals surface area contributed by atoms with Gasteiger partial charge in [-0.3, -0.25) is 4.57 Å². The van der Waals surface area contributed by atoms with Crippen LogP contribution >= 0.6 is 0 Å². The van der Waals surface area contributed by atoms with Crippen LogP contribution in [0.15, 0.2) is 41.4 Å². The maximum absolute atomic E-state index is 11.3. The normalized spacial score (nSPS) is 10.7. The van der Waals surface area contributed by atoms with Crippen LogP contribution in [0.3, 0.4) is 0 Å². The molecule has 21 heavy (non-hydrogen) atoms. The topological polar surface area (TPSA) is 79.4 Å². The van der Waals surface area contributed by atoms with Crippen molar-refractivity contribution in [3.05, 3.63) is 36.9 Å². The molecule has 0 atom stereocenters. The number of hydrogen-bond acceptors (Lipinski definition) is 6. The summed E-state index contributed by atoms with van der Waals surface area (Å²) in [6, 6.07) is 5.38. The Balaban J connectivity index is 1.89. The standard InChI is InChI=1S/C14H13N3O4/c1-2-19-12(18)8-20-11-5-3-4-10-13(11)21-16-14(10)17-7-6-15-9-17/h3-7,9H,2,8H2,1H3. The molecule has 7 heteroatoms. The molecule has 3 rings (SSSR count). The minimum Gasteiger partial charge on any atom is -0.478 e. The van der Waals surface area contributed by atoms with Gasteiger partial charge in [-0.25, -0.2) is 9.78 Å². The van der Waals surface area contributed by atoms with Crippen molar-refractivity contribution in [2.24, 2.45) is 0 Å². The molecule has 0 fully saturated rings. The number of nitrogens with zero attached hydrogens (tertiary/aromatic N) is 3. The smallest absolute Gasteiger partial charge is 0.344 e. The zero-order valence-corrected chi connectivity index (χ0v) is 11.4. The molecule has 0 bridgehead atoms. The van der Waals surface area contributed by atoms with E-state index in [2.05, 4.69) is 10.1 Å². The number of imidazole rings is 1. The minimum atomic E-state index is -0.427. The van der Waals surface area contributed by atoms with Crippen molar-refractivity contribution >= 4 is 16.9 Å². The van der Waals surface area contributed by atoms with Gasteiger partial charge in [-0.2, -0.15) is 0 Å². The lowest BCUT2D eigenvalue weighted by Gasteiger charge is -2.05. The quantitative estimate of drug-likeness (QED) is 0.667. The van der Waals surface area contributed by atoms with Gasteiger partial charge < -0.3 is 14.0 Å². The molecule has 3 aromatic rings. The summed E-state index contributed by atoms with van der Waals surface area (Å²) in [5.41, 5.74) is 0.477. The summed E-state index contributed by atoms with van der Waals surface area (Å²) in [5.74, 6) is 0.632. The van der Waals surface area contributed by atoms with Crippen LogP contribution in [0, 0.1) is 0 Å². The Hall–Kier alpha value is -2.83. The van der Waals surface area contributed by atoms with Crippen LogP contribution in [0.2, 0.25) is 0 Å². The van der Waals surface area contributed by atoms with Gasteiger partial charge in [0.25, 0.3) is 0 Å². The number of para-hydroxylation sites is 1. The van der Waals surface area contributed by atoms with Gasteiger partial charge in [-0.1, -0.05) is 11.2 Å². The van der Waals surface area contributed by atoms with Crippen LogP contribution in [-0.2, 0) is 9.53 Å². The first kappa shape index (κ1) is 13.2. The molecule has 0 radical (unpaired) electrons. The molecule has 0 saturated heterocycles. The van der Waals surface area contributed by atoms with Crippen LogP contribution in [0.1, 0.15) is 6.92 Å². The number of ether oxygens (including phenoxy) is 2. The van der Waals surface area contributed by atoms with Crippen molar-refractivity contribution in [1.29, 1.82) is 0 Å². The molecule has 0 N–H and O–H groups in total. The minimum absolute atomic E-state index is 0.173. The maximum Gasteiger partial charge on any atom is 0.344 e. The lowest BCUT2D eigenvalue weighted by Crippen LogP contribution is -2.14. The summed E-state index contributed by atoms with van der Waals surface area (Å²) in [6.45, 7) is 1.89. The molecule has 108 valence electrons. The van der Waals surface area contributed by atoms with Crippen LogP contribution in [-0.4, -0.2) is 33.9 Å². The second kappa shape index (κ2) is 5.66. The average Bonchev–Trinajstić information content (AvgIpc) is 3.14. The van der Waals surface area contributed by atoms with Gasteiger partial charge in [0.1, 0.15) is 6.33 Å². The van der Waals surface area contributed by atoms with E-state index in [0.29, 0.717) is 23.8 Å². The molecule has 2 aromatic heterocycles. The van der Waals surface area contributed by atoms with Gasteiger partial charge in [0.2, 0.25) is 5.58 Å². The average molecular weight is 287 g/mol. The molecule has 1 aromatic carbocycles. The zero-order valence-electron chi connectivity index (χ0n) is 11.4. The summed E-state index contributed by atoms with van der Waals surface area (Å²) >= 11 is 0. The second-order valence-corrected chi connectivity index (χ2v) is 4.20.